The van der Waals surface area contributed by atoms with Gasteiger partial charge in [0, 0.05) is 26.1 Å². The Balaban J connectivity index is 1.83. The third-order valence-electron chi connectivity index (χ3n) is 5.37. The number of amides is 1. The fraction of sp³-hybridized carbons (Fsp3) is 0.938. The maximum Gasteiger partial charge on any atom is 0.417 e. The molecule has 1 amide bonds. The molecule has 7 unspecified atom stereocenters. The quantitative estimate of drug-likeness (QED) is 0.573. The molecule has 6 nitrogen and oxygen atoms in total. The van der Waals surface area contributed by atoms with E-state index >= 15 is 0 Å². The molecule has 1 aliphatic heterocycles. The molecule has 0 aromatic carbocycles. The molecule has 0 bridgehead atoms. The lowest BCUT2D eigenvalue weighted by Crippen LogP contribution is -2.66. The number of rotatable bonds is 5. The van der Waals surface area contributed by atoms with Crippen molar-refractivity contribution in [1.82, 2.24) is 9.80 Å². The Morgan fingerprint density at radius 3 is 2.29 bits per heavy atom. The van der Waals surface area contributed by atoms with E-state index in [1.54, 1.807) is 0 Å². The number of carbonyl (C=O) groups excluding carboxylic acids is 1. The molecule has 1 saturated carbocycles. The molecule has 0 spiro atoms. The predicted octanol–water partition coefficient (Wildman–Crippen LogP) is 0.828. The van der Waals surface area contributed by atoms with Crippen molar-refractivity contribution in [2.75, 3.05) is 19.6 Å². The highest BCUT2D eigenvalue weighted by Gasteiger charge is 2.45. The molecule has 2 rings (SSSR count). The number of alkyl halides is 6. The number of aliphatic hydroxyl groups is 1. The van der Waals surface area contributed by atoms with Gasteiger partial charge in [-0.3, -0.25) is 9.69 Å². The summed E-state index contributed by atoms with van der Waals surface area (Å²) in [5, 5.41) is 10.0. The van der Waals surface area contributed by atoms with Crippen molar-refractivity contribution >= 4 is 5.91 Å². The zero-order valence-corrected chi connectivity index (χ0v) is 15.2. The van der Waals surface area contributed by atoms with E-state index in [1.807, 2.05) is 0 Å². The van der Waals surface area contributed by atoms with E-state index < -0.39 is 67.8 Å². The van der Waals surface area contributed by atoms with Crippen LogP contribution in [-0.2, 0) is 4.79 Å². The van der Waals surface area contributed by atoms with E-state index in [4.69, 9.17) is 11.5 Å². The highest BCUT2D eigenvalue weighted by atomic mass is 19.4. The van der Waals surface area contributed by atoms with Gasteiger partial charge in [-0.05, 0) is 18.8 Å². The van der Waals surface area contributed by atoms with Crippen LogP contribution < -0.4 is 11.5 Å². The molecular formula is C16H26F6N4O2. The number of carbonyl (C=O) groups is 1. The smallest absolute Gasteiger partial charge is 0.393 e. The fourth-order valence-electron chi connectivity index (χ4n) is 3.73. The summed E-state index contributed by atoms with van der Waals surface area (Å²) in [7, 11) is 0. The lowest BCUT2D eigenvalue weighted by atomic mass is 9.81. The second-order valence-electron chi connectivity index (χ2n) is 7.50. The second-order valence-corrected chi connectivity index (χ2v) is 7.50. The summed E-state index contributed by atoms with van der Waals surface area (Å²) in [5.41, 5.74) is 10.8. The summed E-state index contributed by atoms with van der Waals surface area (Å²) in [5.74, 6) is -1.46. The van der Waals surface area contributed by atoms with Gasteiger partial charge < -0.3 is 21.5 Å². The van der Waals surface area contributed by atoms with Gasteiger partial charge in [-0.15, -0.1) is 0 Å². The highest BCUT2D eigenvalue weighted by molar-refractivity contribution is 5.76. The van der Waals surface area contributed by atoms with Gasteiger partial charge in [-0.1, -0.05) is 0 Å². The first-order valence-corrected chi connectivity index (χ1v) is 9.11. The number of halogens is 6. The van der Waals surface area contributed by atoms with Crippen molar-refractivity contribution < 1.29 is 36.2 Å². The van der Waals surface area contributed by atoms with E-state index in [2.05, 4.69) is 0 Å². The van der Waals surface area contributed by atoms with Gasteiger partial charge in [0.25, 0.3) is 0 Å². The average molecular weight is 420 g/mol. The number of hydrogen-bond acceptors (Lipinski definition) is 5. The van der Waals surface area contributed by atoms with Crippen LogP contribution >= 0.6 is 0 Å². The van der Waals surface area contributed by atoms with E-state index in [0.29, 0.717) is 0 Å². The summed E-state index contributed by atoms with van der Waals surface area (Å²) < 4.78 is 78.6. The van der Waals surface area contributed by atoms with Crippen molar-refractivity contribution in [2.24, 2.45) is 17.4 Å². The normalized spacial score (nSPS) is 34.9. The lowest BCUT2D eigenvalue weighted by Gasteiger charge is -2.42. The van der Waals surface area contributed by atoms with E-state index in [9.17, 15) is 36.2 Å². The zero-order valence-electron chi connectivity index (χ0n) is 15.2. The number of nitrogens with two attached hydrogens (primary N) is 2. The monoisotopic (exact) mass is 420 g/mol. The highest BCUT2D eigenvalue weighted by Crippen LogP contribution is 2.34. The Morgan fingerprint density at radius 1 is 1.11 bits per heavy atom. The Bertz CT molecular complexity index is 540. The van der Waals surface area contributed by atoms with Crippen LogP contribution in [0.15, 0.2) is 0 Å². The summed E-state index contributed by atoms with van der Waals surface area (Å²) in [6, 6.07) is 0. The first-order chi connectivity index (χ1) is 12.9. The van der Waals surface area contributed by atoms with Crippen LogP contribution in [0.2, 0.25) is 0 Å². The van der Waals surface area contributed by atoms with Gasteiger partial charge >= 0.3 is 6.18 Å². The number of nitrogens with zero attached hydrogens (tertiary/aromatic N) is 2. The van der Waals surface area contributed by atoms with Crippen LogP contribution in [0.4, 0.5) is 26.3 Å². The molecule has 28 heavy (non-hydrogen) atoms. The third-order valence-corrected chi connectivity index (χ3v) is 5.37. The molecule has 1 saturated heterocycles. The molecule has 1 aliphatic carbocycles. The van der Waals surface area contributed by atoms with Crippen LogP contribution in [0.3, 0.4) is 0 Å². The molecule has 0 aromatic heterocycles. The first-order valence-electron chi connectivity index (χ1n) is 9.11. The number of hydrogen-bond donors (Lipinski definition) is 3. The maximum absolute atomic E-state index is 13.9. The zero-order chi connectivity index (χ0) is 21.2. The number of piperazine rings is 1. The van der Waals surface area contributed by atoms with Gasteiger partial charge in [-0.2, -0.15) is 13.2 Å². The molecule has 5 N–H and O–H groups in total. The standard InChI is InChI=1S/C16H26F6N4O2/c17-10-6-12(19)11(18)4-8(10)3-9(27)5-14(28)25-1-2-26(13(23)7-25)15(24)16(20,21)22/h8-13,15,27H,1-7,23-24H2. The fourth-order valence-corrected chi connectivity index (χ4v) is 3.73. The van der Waals surface area contributed by atoms with Crippen LogP contribution in [0.5, 0.6) is 0 Å². The van der Waals surface area contributed by atoms with E-state index in [0.717, 1.165) is 4.90 Å². The molecule has 7 atom stereocenters. The number of aliphatic hydroxyl groups excluding tert-OH is 1. The largest absolute Gasteiger partial charge is 0.417 e. The molecule has 12 heteroatoms. The first kappa shape index (κ1) is 23.2. The summed E-state index contributed by atoms with van der Waals surface area (Å²) >= 11 is 0. The predicted molar refractivity (Wildman–Crippen MR) is 87.9 cm³/mol. The van der Waals surface area contributed by atoms with Gasteiger partial charge in [0.15, 0.2) is 6.17 Å². The maximum atomic E-state index is 13.9. The second kappa shape index (κ2) is 9.14. The minimum atomic E-state index is -4.66. The Morgan fingerprint density at radius 2 is 1.71 bits per heavy atom. The molecule has 2 aliphatic rings. The Hall–Kier alpha value is -1.11. The van der Waals surface area contributed by atoms with Gasteiger partial charge in [-0.25, -0.2) is 13.2 Å². The molecule has 2 fully saturated rings. The van der Waals surface area contributed by atoms with E-state index in [-0.39, 0.29) is 32.5 Å². The van der Waals surface area contributed by atoms with Gasteiger partial charge in [0.1, 0.15) is 18.5 Å². The topological polar surface area (TPSA) is 95.8 Å². The van der Waals surface area contributed by atoms with Crippen molar-refractivity contribution in [3.05, 3.63) is 0 Å². The van der Waals surface area contributed by atoms with Crippen LogP contribution in [0.25, 0.3) is 0 Å². The molecular weight excluding hydrogens is 394 g/mol. The Labute approximate surface area is 158 Å². The van der Waals surface area contributed by atoms with Crippen LogP contribution in [0.1, 0.15) is 25.7 Å². The van der Waals surface area contributed by atoms with Gasteiger partial charge in [0.2, 0.25) is 5.91 Å². The van der Waals surface area contributed by atoms with Crippen LogP contribution in [0, 0.1) is 5.92 Å². The van der Waals surface area contributed by atoms with E-state index in [1.165, 1.54) is 4.90 Å². The minimum Gasteiger partial charge on any atom is -0.393 e. The molecule has 0 radical (unpaired) electrons. The summed E-state index contributed by atoms with van der Waals surface area (Å²) in [4.78, 5) is 14.3. The average Bonchev–Trinajstić information content (AvgIpc) is 2.58. The van der Waals surface area contributed by atoms with Crippen molar-refractivity contribution in [1.29, 1.82) is 0 Å². The SMILES string of the molecule is NC1CN(C(=O)CC(O)CC2CC(F)C(F)CC2F)CCN1C(N)C(F)(F)F. The van der Waals surface area contributed by atoms with Crippen molar-refractivity contribution in [3.63, 3.8) is 0 Å². The summed E-state index contributed by atoms with van der Waals surface area (Å²) in [6.07, 6.45) is -16.1. The van der Waals surface area contributed by atoms with Crippen molar-refractivity contribution in [3.8, 4) is 0 Å². The Kier molecular flexibility index (Phi) is 7.56. The third kappa shape index (κ3) is 5.71. The van der Waals surface area contributed by atoms with Gasteiger partial charge in [0.05, 0.1) is 18.7 Å². The molecule has 164 valence electrons. The molecule has 0 aromatic rings. The van der Waals surface area contributed by atoms with Crippen molar-refractivity contribution in [2.45, 2.75) is 68.8 Å². The van der Waals surface area contributed by atoms with Crippen LogP contribution in [-0.4, -0.2) is 83.6 Å². The minimum absolute atomic E-state index is 0.0612. The lowest BCUT2D eigenvalue weighted by molar-refractivity contribution is -0.194. The molecule has 1 heterocycles. The summed E-state index contributed by atoms with van der Waals surface area (Å²) in [6.45, 7) is -0.463.